The van der Waals surface area contributed by atoms with Gasteiger partial charge in [-0.2, -0.15) is 0 Å². The average molecular weight is 330 g/mol. The van der Waals surface area contributed by atoms with Crippen molar-refractivity contribution in [2.24, 2.45) is 0 Å². The van der Waals surface area contributed by atoms with E-state index in [-0.39, 0.29) is 5.82 Å². The summed E-state index contributed by atoms with van der Waals surface area (Å²) in [7, 11) is 0. The summed E-state index contributed by atoms with van der Waals surface area (Å²) in [5, 5.41) is 0. The third-order valence-corrected chi connectivity index (χ3v) is 3.81. The smallest absolute Gasteiger partial charge is 0.147 e. The highest BCUT2D eigenvalue weighted by Gasteiger charge is 2.11. The van der Waals surface area contributed by atoms with Crippen molar-refractivity contribution in [1.82, 2.24) is 0 Å². The van der Waals surface area contributed by atoms with E-state index in [2.05, 4.69) is 34.7 Å². The minimum absolute atomic E-state index is 0.123. The fourth-order valence-corrected chi connectivity index (χ4v) is 2.53. The molecule has 0 bridgehead atoms. The summed E-state index contributed by atoms with van der Waals surface area (Å²) in [6.45, 7) is 6.30. The Morgan fingerprint density at radius 1 is 1.00 bits per heavy atom. The van der Waals surface area contributed by atoms with Crippen molar-refractivity contribution in [3.05, 3.63) is 28.5 Å². The van der Waals surface area contributed by atoms with Crippen molar-refractivity contribution in [2.45, 2.75) is 52.4 Å². The first-order valence-electron chi connectivity index (χ1n) is 7.39. The summed E-state index contributed by atoms with van der Waals surface area (Å²) in [6, 6.07) is 5.37. The number of nitrogens with zero attached hydrogens (tertiary/aromatic N) is 1. The molecule has 19 heavy (non-hydrogen) atoms. The quantitative estimate of drug-likeness (QED) is 0.519. The second kappa shape index (κ2) is 9.35. The van der Waals surface area contributed by atoms with Crippen LogP contribution in [0.4, 0.5) is 10.1 Å². The highest BCUT2D eigenvalue weighted by atomic mass is 79.9. The normalized spacial score (nSPS) is 10.7. The highest BCUT2D eigenvalue weighted by molar-refractivity contribution is 9.10. The van der Waals surface area contributed by atoms with Gasteiger partial charge in [0.1, 0.15) is 5.82 Å². The Bertz CT molecular complexity index is 358. The summed E-state index contributed by atoms with van der Waals surface area (Å²) >= 11 is 3.31. The lowest BCUT2D eigenvalue weighted by Gasteiger charge is -2.25. The second-order valence-electron chi connectivity index (χ2n) is 5.00. The number of hydrogen-bond acceptors (Lipinski definition) is 1. The molecule has 0 radical (unpaired) electrons. The van der Waals surface area contributed by atoms with Crippen LogP contribution in [0, 0.1) is 5.82 Å². The summed E-state index contributed by atoms with van der Waals surface area (Å²) in [4.78, 5) is 2.20. The zero-order chi connectivity index (χ0) is 14.1. The maximum absolute atomic E-state index is 14.0. The van der Waals surface area contributed by atoms with Crippen LogP contribution in [-0.4, -0.2) is 13.1 Å². The summed E-state index contributed by atoms with van der Waals surface area (Å²) in [5.74, 6) is -0.123. The van der Waals surface area contributed by atoms with Crippen LogP contribution in [0.1, 0.15) is 52.4 Å². The van der Waals surface area contributed by atoms with Gasteiger partial charge in [0, 0.05) is 17.6 Å². The van der Waals surface area contributed by atoms with E-state index >= 15 is 0 Å². The van der Waals surface area contributed by atoms with Crippen LogP contribution in [0.15, 0.2) is 22.7 Å². The molecule has 0 spiro atoms. The second-order valence-corrected chi connectivity index (χ2v) is 5.91. The van der Waals surface area contributed by atoms with Crippen LogP contribution >= 0.6 is 15.9 Å². The molecule has 0 aliphatic rings. The van der Waals surface area contributed by atoms with E-state index in [0.29, 0.717) is 0 Å². The predicted octanol–water partition coefficient (Wildman–Crippen LogP) is 5.78. The first-order chi connectivity index (χ1) is 9.19. The first kappa shape index (κ1) is 16.5. The molecule has 0 saturated carbocycles. The zero-order valence-corrected chi connectivity index (χ0v) is 13.7. The molecule has 1 aromatic carbocycles. The molecule has 0 aliphatic heterocycles. The molecule has 0 fully saturated rings. The molecule has 3 heteroatoms. The number of unbranched alkanes of at least 4 members (excludes halogenated alkanes) is 4. The van der Waals surface area contributed by atoms with Gasteiger partial charge in [0.2, 0.25) is 0 Å². The van der Waals surface area contributed by atoms with Gasteiger partial charge in [0.25, 0.3) is 0 Å². The maximum atomic E-state index is 14.0. The lowest BCUT2D eigenvalue weighted by atomic mass is 10.2. The van der Waals surface area contributed by atoms with Gasteiger partial charge in [0.05, 0.1) is 5.69 Å². The number of hydrogen-bond donors (Lipinski definition) is 0. The van der Waals surface area contributed by atoms with Crippen molar-refractivity contribution >= 4 is 21.6 Å². The maximum Gasteiger partial charge on any atom is 0.147 e. The van der Waals surface area contributed by atoms with Crippen molar-refractivity contribution in [3.8, 4) is 0 Å². The summed E-state index contributed by atoms with van der Waals surface area (Å²) in [6.07, 6.45) is 7.10. The Hall–Kier alpha value is -0.570. The zero-order valence-electron chi connectivity index (χ0n) is 12.1. The lowest BCUT2D eigenvalue weighted by Crippen LogP contribution is -2.26. The van der Waals surface area contributed by atoms with E-state index < -0.39 is 0 Å². The highest BCUT2D eigenvalue weighted by Crippen LogP contribution is 2.24. The van der Waals surface area contributed by atoms with E-state index in [1.165, 1.54) is 25.7 Å². The number of halogens is 2. The van der Waals surface area contributed by atoms with Gasteiger partial charge < -0.3 is 4.90 Å². The largest absolute Gasteiger partial charge is 0.369 e. The molecule has 0 saturated heterocycles. The molecule has 0 aromatic heterocycles. The van der Waals surface area contributed by atoms with Crippen LogP contribution in [-0.2, 0) is 0 Å². The van der Waals surface area contributed by atoms with Gasteiger partial charge in [-0.1, -0.05) is 55.5 Å². The van der Waals surface area contributed by atoms with Gasteiger partial charge in [-0.05, 0) is 31.0 Å². The van der Waals surface area contributed by atoms with Gasteiger partial charge in [-0.25, -0.2) is 4.39 Å². The lowest BCUT2D eigenvalue weighted by molar-refractivity contribution is 0.594. The molecule has 1 aromatic rings. The molecule has 0 atom stereocenters. The van der Waals surface area contributed by atoms with Gasteiger partial charge >= 0.3 is 0 Å². The minimum Gasteiger partial charge on any atom is -0.369 e. The average Bonchev–Trinajstić information content (AvgIpc) is 2.38. The van der Waals surface area contributed by atoms with E-state index in [1.807, 2.05) is 12.1 Å². The molecule has 1 rings (SSSR count). The monoisotopic (exact) mass is 329 g/mol. The first-order valence-corrected chi connectivity index (χ1v) is 8.18. The van der Waals surface area contributed by atoms with Crippen molar-refractivity contribution in [2.75, 3.05) is 18.0 Å². The van der Waals surface area contributed by atoms with Gasteiger partial charge in [-0.3, -0.25) is 0 Å². The Morgan fingerprint density at radius 2 is 1.58 bits per heavy atom. The molecule has 0 amide bonds. The van der Waals surface area contributed by atoms with Crippen molar-refractivity contribution in [1.29, 1.82) is 0 Å². The molecule has 108 valence electrons. The van der Waals surface area contributed by atoms with Crippen LogP contribution < -0.4 is 4.90 Å². The Balaban J connectivity index is 2.69. The summed E-state index contributed by atoms with van der Waals surface area (Å²) < 4.78 is 14.8. The van der Waals surface area contributed by atoms with Crippen LogP contribution in [0.25, 0.3) is 0 Å². The topological polar surface area (TPSA) is 3.24 Å². The minimum atomic E-state index is -0.123. The van der Waals surface area contributed by atoms with E-state index in [1.54, 1.807) is 6.07 Å². The van der Waals surface area contributed by atoms with Crippen LogP contribution in [0.3, 0.4) is 0 Å². The SMILES string of the molecule is CCCCCN(CCCCC)c1ccc(Br)cc1F. The number of benzene rings is 1. The van der Waals surface area contributed by atoms with E-state index in [9.17, 15) is 4.39 Å². The van der Waals surface area contributed by atoms with E-state index in [0.717, 1.165) is 36.1 Å². The fourth-order valence-electron chi connectivity index (χ4n) is 2.20. The third-order valence-electron chi connectivity index (χ3n) is 3.31. The molecule has 0 unspecified atom stereocenters. The van der Waals surface area contributed by atoms with Crippen molar-refractivity contribution in [3.63, 3.8) is 0 Å². The van der Waals surface area contributed by atoms with Crippen LogP contribution in [0.2, 0.25) is 0 Å². The Labute approximate surface area is 125 Å². The Morgan fingerprint density at radius 3 is 2.05 bits per heavy atom. The van der Waals surface area contributed by atoms with Crippen LogP contribution in [0.5, 0.6) is 0 Å². The molecular formula is C16H25BrFN. The van der Waals surface area contributed by atoms with E-state index in [4.69, 9.17) is 0 Å². The molecule has 1 nitrogen and oxygen atoms in total. The molecular weight excluding hydrogens is 305 g/mol. The molecule has 0 heterocycles. The van der Waals surface area contributed by atoms with Crippen molar-refractivity contribution < 1.29 is 4.39 Å². The summed E-state index contributed by atoms with van der Waals surface area (Å²) in [5.41, 5.74) is 0.746. The number of anilines is 1. The number of rotatable bonds is 9. The standard InChI is InChI=1S/C16H25BrFN/c1-3-5-7-11-19(12-8-6-4-2)16-10-9-14(17)13-15(16)18/h9-10,13H,3-8,11-12H2,1-2H3. The predicted molar refractivity (Wildman–Crippen MR) is 85.4 cm³/mol. The fraction of sp³-hybridized carbons (Fsp3) is 0.625. The molecule has 0 aliphatic carbocycles. The van der Waals surface area contributed by atoms with Gasteiger partial charge in [-0.15, -0.1) is 0 Å². The third kappa shape index (κ3) is 5.94. The Kier molecular flexibility index (Phi) is 8.11. The van der Waals surface area contributed by atoms with Gasteiger partial charge in [0.15, 0.2) is 0 Å². The molecule has 0 N–H and O–H groups in total.